The van der Waals surface area contributed by atoms with Gasteiger partial charge in [0.1, 0.15) is 5.82 Å². The third-order valence-corrected chi connectivity index (χ3v) is 3.14. The van der Waals surface area contributed by atoms with E-state index in [4.69, 9.17) is 5.73 Å². The van der Waals surface area contributed by atoms with E-state index in [9.17, 15) is 9.18 Å². The molecule has 0 atom stereocenters. The molecule has 3 N–H and O–H groups in total. The molecule has 2 aromatic carbocycles. The zero-order valence-corrected chi connectivity index (χ0v) is 11.6. The average molecular weight is 323 g/mol. The highest BCUT2D eigenvalue weighted by atomic mass is 79.9. The van der Waals surface area contributed by atoms with E-state index < -0.39 is 5.91 Å². The Kier molecular flexibility index (Phi) is 4.16. The van der Waals surface area contributed by atoms with Gasteiger partial charge in [0, 0.05) is 27.8 Å². The number of anilines is 1. The minimum Gasteiger partial charge on any atom is -0.381 e. The summed E-state index contributed by atoms with van der Waals surface area (Å²) in [5, 5.41) is 3.05. The van der Waals surface area contributed by atoms with E-state index in [1.165, 1.54) is 6.07 Å². The number of primary amides is 1. The Hall–Kier alpha value is -1.88. The van der Waals surface area contributed by atoms with Crippen molar-refractivity contribution in [2.45, 2.75) is 6.54 Å². The second kappa shape index (κ2) is 5.84. The van der Waals surface area contributed by atoms with Gasteiger partial charge in [-0.1, -0.05) is 28.1 Å². The molecule has 3 nitrogen and oxygen atoms in total. The molecule has 0 radical (unpaired) electrons. The summed E-state index contributed by atoms with van der Waals surface area (Å²) in [7, 11) is 0. The zero-order chi connectivity index (χ0) is 13.8. The number of halogens is 2. The van der Waals surface area contributed by atoms with Crippen LogP contribution in [0.5, 0.6) is 0 Å². The summed E-state index contributed by atoms with van der Waals surface area (Å²) in [5.74, 6) is -0.772. The van der Waals surface area contributed by atoms with Crippen LogP contribution in [0.15, 0.2) is 46.9 Å². The van der Waals surface area contributed by atoms with Crippen molar-refractivity contribution in [1.29, 1.82) is 0 Å². The number of benzene rings is 2. The van der Waals surface area contributed by atoms with Crippen molar-refractivity contribution >= 4 is 27.5 Å². The fourth-order valence-corrected chi connectivity index (χ4v) is 1.98. The van der Waals surface area contributed by atoms with E-state index in [-0.39, 0.29) is 5.82 Å². The summed E-state index contributed by atoms with van der Waals surface area (Å²) in [6.45, 7) is 0.335. The maximum atomic E-state index is 13.6. The highest BCUT2D eigenvalue weighted by Crippen LogP contribution is 2.17. The molecule has 0 aliphatic rings. The quantitative estimate of drug-likeness (QED) is 0.907. The Bertz CT molecular complexity index is 616. The summed E-state index contributed by atoms with van der Waals surface area (Å²) < 4.78 is 14.3. The standard InChI is InChI=1S/C14H12BrFN2O/c15-11-5-4-10(13(16)7-11)8-18-12-3-1-2-9(6-12)14(17)19/h1-7,18H,8H2,(H2,17,19). The largest absolute Gasteiger partial charge is 0.381 e. The van der Waals surface area contributed by atoms with E-state index >= 15 is 0 Å². The highest BCUT2D eigenvalue weighted by molar-refractivity contribution is 9.10. The lowest BCUT2D eigenvalue weighted by Crippen LogP contribution is -2.11. The molecule has 0 bridgehead atoms. The van der Waals surface area contributed by atoms with Gasteiger partial charge in [-0.3, -0.25) is 4.79 Å². The van der Waals surface area contributed by atoms with Crippen LogP contribution in [0, 0.1) is 5.82 Å². The number of hydrogen-bond donors (Lipinski definition) is 2. The molecule has 0 saturated carbocycles. The number of rotatable bonds is 4. The lowest BCUT2D eigenvalue weighted by atomic mass is 10.1. The Morgan fingerprint density at radius 3 is 2.74 bits per heavy atom. The molecule has 0 aliphatic heterocycles. The Labute approximate surface area is 118 Å². The molecule has 5 heteroatoms. The SMILES string of the molecule is NC(=O)c1cccc(NCc2ccc(Br)cc2F)c1. The van der Waals surface area contributed by atoms with Crippen molar-refractivity contribution in [2.75, 3.05) is 5.32 Å². The summed E-state index contributed by atoms with van der Waals surface area (Å²) in [5.41, 5.74) is 6.89. The molecule has 0 heterocycles. The van der Waals surface area contributed by atoms with Gasteiger partial charge in [0.25, 0.3) is 0 Å². The molecule has 2 aromatic rings. The summed E-state index contributed by atoms with van der Waals surface area (Å²) in [6, 6.07) is 11.7. The van der Waals surface area contributed by atoms with Crippen molar-refractivity contribution < 1.29 is 9.18 Å². The van der Waals surface area contributed by atoms with Gasteiger partial charge in [-0.15, -0.1) is 0 Å². The Morgan fingerprint density at radius 2 is 2.05 bits per heavy atom. The van der Waals surface area contributed by atoms with E-state index in [2.05, 4.69) is 21.2 Å². The smallest absolute Gasteiger partial charge is 0.248 e. The summed E-state index contributed by atoms with van der Waals surface area (Å²) in [6.07, 6.45) is 0. The minimum atomic E-state index is -0.488. The average Bonchev–Trinajstić information content (AvgIpc) is 2.38. The number of amides is 1. The molecule has 2 rings (SSSR count). The first kappa shape index (κ1) is 13.5. The normalized spacial score (nSPS) is 10.2. The first-order chi connectivity index (χ1) is 9.06. The Balaban J connectivity index is 2.10. The van der Waals surface area contributed by atoms with Gasteiger partial charge in [0.15, 0.2) is 0 Å². The summed E-state index contributed by atoms with van der Waals surface area (Å²) >= 11 is 3.21. The van der Waals surface area contributed by atoms with Crippen molar-refractivity contribution in [3.05, 3.63) is 63.9 Å². The van der Waals surface area contributed by atoms with E-state index in [0.717, 1.165) is 5.69 Å². The molecule has 19 heavy (non-hydrogen) atoms. The maximum absolute atomic E-state index is 13.6. The van der Waals surface area contributed by atoms with Gasteiger partial charge in [-0.25, -0.2) is 4.39 Å². The van der Waals surface area contributed by atoms with Crippen molar-refractivity contribution in [1.82, 2.24) is 0 Å². The topological polar surface area (TPSA) is 55.1 Å². The molecule has 0 saturated heterocycles. The van der Waals surface area contributed by atoms with Gasteiger partial charge in [-0.05, 0) is 30.3 Å². The second-order valence-corrected chi connectivity index (χ2v) is 4.95. The van der Waals surface area contributed by atoms with Crippen LogP contribution in [0.1, 0.15) is 15.9 Å². The van der Waals surface area contributed by atoms with E-state index in [1.807, 2.05) is 0 Å². The van der Waals surface area contributed by atoms with Gasteiger partial charge >= 0.3 is 0 Å². The predicted molar refractivity (Wildman–Crippen MR) is 76.4 cm³/mol. The van der Waals surface area contributed by atoms with Crippen LogP contribution in [-0.4, -0.2) is 5.91 Å². The van der Waals surface area contributed by atoms with Gasteiger partial charge in [-0.2, -0.15) is 0 Å². The molecular weight excluding hydrogens is 311 g/mol. The first-order valence-corrected chi connectivity index (χ1v) is 6.43. The molecule has 0 fully saturated rings. The van der Waals surface area contributed by atoms with E-state index in [1.54, 1.807) is 36.4 Å². The number of carbonyl (C=O) groups excluding carboxylic acids is 1. The molecule has 98 valence electrons. The fourth-order valence-electron chi connectivity index (χ4n) is 1.64. The molecule has 1 amide bonds. The van der Waals surface area contributed by atoms with Crippen LogP contribution < -0.4 is 11.1 Å². The number of hydrogen-bond acceptors (Lipinski definition) is 2. The lowest BCUT2D eigenvalue weighted by molar-refractivity contribution is 0.100. The lowest BCUT2D eigenvalue weighted by Gasteiger charge is -2.08. The number of nitrogens with one attached hydrogen (secondary N) is 1. The Morgan fingerprint density at radius 1 is 1.26 bits per heavy atom. The van der Waals surface area contributed by atoms with Crippen LogP contribution >= 0.6 is 15.9 Å². The van der Waals surface area contributed by atoms with Gasteiger partial charge in [0.2, 0.25) is 5.91 Å². The van der Waals surface area contributed by atoms with E-state index in [0.29, 0.717) is 22.1 Å². The second-order valence-electron chi connectivity index (χ2n) is 4.03. The molecule has 0 aliphatic carbocycles. The zero-order valence-electron chi connectivity index (χ0n) is 9.99. The van der Waals surface area contributed by atoms with Crippen LogP contribution in [0.2, 0.25) is 0 Å². The van der Waals surface area contributed by atoms with Crippen LogP contribution in [0.25, 0.3) is 0 Å². The molecule has 0 spiro atoms. The third kappa shape index (κ3) is 3.54. The molecule has 0 unspecified atom stereocenters. The van der Waals surface area contributed by atoms with Crippen molar-refractivity contribution in [2.24, 2.45) is 5.73 Å². The van der Waals surface area contributed by atoms with Gasteiger partial charge < -0.3 is 11.1 Å². The fraction of sp³-hybridized carbons (Fsp3) is 0.0714. The molecular formula is C14H12BrFN2O. The third-order valence-electron chi connectivity index (χ3n) is 2.65. The van der Waals surface area contributed by atoms with Crippen LogP contribution in [0.3, 0.4) is 0 Å². The van der Waals surface area contributed by atoms with Gasteiger partial charge in [0.05, 0.1) is 0 Å². The minimum absolute atomic E-state index is 0.284. The number of carbonyl (C=O) groups is 1. The van der Waals surface area contributed by atoms with Crippen molar-refractivity contribution in [3.63, 3.8) is 0 Å². The monoisotopic (exact) mass is 322 g/mol. The first-order valence-electron chi connectivity index (χ1n) is 5.64. The highest BCUT2D eigenvalue weighted by Gasteiger charge is 2.04. The van der Waals surface area contributed by atoms with Crippen molar-refractivity contribution in [3.8, 4) is 0 Å². The van der Waals surface area contributed by atoms with Crippen LogP contribution in [-0.2, 0) is 6.54 Å². The molecule has 0 aromatic heterocycles. The van der Waals surface area contributed by atoms with Crippen LogP contribution in [0.4, 0.5) is 10.1 Å². The summed E-state index contributed by atoms with van der Waals surface area (Å²) in [4.78, 5) is 11.0. The maximum Gasteiger partial charge on any atom is 0.248 e. The number of nitrogens with two attached hydrogens (primary N) is 1. The predicted octanol–water partition coefficient (Wildman–Crippen LogP) is 3.30.